The number of nitrogens with two attached hydrogens (primary N) is 1. The van der Waals surface area contributed by atoms with Crippen molar-refractivity contribution < 1.29 is 14.3 Å². The molecule has 1 aliphatic rings. The summed E-state index contributed by atoms with van der Waals surface area (Å²) < 4.78 is 11.0. The number of aromatic nitrogens is 1. The predicted molar refractivity (Wildman–Crippen MR) is 69.5 cm³/mol. The summed E-state index contributed by atoms with van der Waals surface area (Å²) in [6.45, 7) is 3.31. The number of ether oxygens (including phenoxy) is 2. The molecule has 0 aliphatic carbocycles. The van der Waals surface area contributed by atoms with Crippen LogP contribution in [0.25, 0.3) is 0 Å². The zero-order valence-electron chi connectivity index (χ0n) is 10.8. The van der Waals surface area contributed by atoms with Gasteiger partial charge in [-0.2, -0.15) is 0 Å². The first-order valence-electron chi connectivity index (χ1n) is 6.13. The van der Waals surface area contributed by atoms with Gasteiger partial charge in [-0.15, -0.1) is 0 Å². The Morgan fingerprint density at radius 3 is 3.16 bits per heavy atom. The van der Waals surface area contributed by atoms with Crippen LogP contribution in [0.1, 0.15) is 17.7 Å². The van der Waals surface area contributed by atoms with E-state index < -0.39 is 5.91 Å². The molecule has 0 unspecified atom stereocenters. The molecule has 19 heavy (non-hydrogen) atoms. The summed E-state index contributed by atoms with van der Waals surface area (Å²) >= 11 is 0. The van der Waals surface area contributed by atoms with Crippen LogP contribution in [0.4, 0.5) is 0 Å². The van der Waals surface area contributed by atoms with E-state index in [1.165, 1.54) is 0 Å². The van der Waals surface area contributed by atoms with E-state index in [2.05, 4.69) is 16.8 Å². The Morgan fingerprint density at radius 2 is 2.53 bits per heavy atom. The minimum Gasteiger partial charge on any atom is -0.486 e. The van der Waals surface area contributed by atoms with Crippen LogP contribution in [-0.4, -0.2) is 30.2 Å². The number of aryl methyl sites for hydroxylation is 1. The summed E-state index contributed by atoms with van der Waals surface area (Å²) in [6, 6.07) is 1.92. The van der Waals surface area contributed by atoms with Crippen molar-refractivity contribution in [1.29, 1.82) is 0 Å². The Balaban J connectivity index is 2.00. The maximum atomic E-state index is 10.5. The number of rotatable bonds is 3. The van der Waals surface area contributed by atoms with E-state index >= 15 is 0 Å². The second-order valence-corrected chi connectivity index (χ2v) is 4.38. The summed E-state index contributed by atoms with van der Waals surface area (Å²) in [5.74, 6) is 5.09. The lowest BCUT2D eigenvalue weighted by atomic mass is 10.1. The minimum absolute atomic E-state index is 0.113. The van der Waals surface area contributed by atoms with Crippen LogP contribution in [0, 0.1) is 18.8 Å². The highest BCUT2D eigenvalue weighted by molar-refractivity contribution is 5.91. The Labute approximate surface area is 112 Å². The number of amides is 1. The van der Waals surface area contributed by atoms with Crippen molar-refractivity contribution in [1.82, 2.24) is 4.98 Å². The van der Waals surface area contributed by atoms with Crippen LogP contribution in [0.5, 0.6) is 5.75 Å². The molecule has 1 fully saturated rings. The van der Waals surface area contributed by atoms with Crippen LogP contribution >= 0.6 is 0 Å². The van der Waals surface area contributed by atoms with Crippen LogP contribution in [0.2, 0.25) is 0 Å². The molecule has 5 nitrogen and oxygen atoms in total. The zero-order chi connectivity index (χ0) is 13.7. The molecule has 0 bridgehead atoms. The van der Waals surface area contributed by atoms with Crippen molar-refractivity contribution in [2.75, 3.05) is 13.2 Å². The molecule has 5 heteroatoms. The summed E-state index contributed by atoms with van der Waals surface area (Å²) in [7, 11) is 0. The van der Waals surface area contributed by atoms with Gasteiger partial charge < -0.3 is 15.2 Å². The van der Waals surface area contributed by atoms with E-state index in [9.17, 15) is 4.79 Å². The maximum Gasteiger partial charge on any atom is 0.293 e. The number of primary amides is 1. The smallest absolute Gasteiger partial charge is 0.293 e. The fourth-order valence-electron chi connectivity index (χ4n) is 1.84. The average Bonchev–Trinajstić information content (AvgIpc) is 2.84. The molecule has 1 aliphatic heterocycles. The quantitative estimate of drug-likeness (QED) is 0.807. The minimum atomic E-state index is -0.626. The Bertz CT molecular complexity index is 525. The third kappa shape index (κ3) is 3.97. The lowest BCUT2D eigenvalue weighted by Crippen LogP contribution is -2.16. The first kappa shape index (κ1) is 13.4. The molecule has 1 amide bonds. The van der Waals surface area contributed by atoms with Crippen molar-refractivity contribution in [3.63, 3.8) is 0 Å². The predicted octanol–water partition coefficient (Wildman–Crippen LogP) is 0.589. The monoisotopic (exact) mass is 260 g/mol. The van der Waals surface area contributed by atoms with Gasteiger partial charge in [-0.3, -0.25) is 9.78 Å². The van der Waals surface area contributed by atoms with E-state index in [0.29, 0.717) is 13.0 Å². The fourth-order valence-corrected chi connectivity index (χ4v) is 1.84. The Morgan fingerprint density at radius 1 is 1.68 bits per heavy atom. The van der Waals surface area contributed by atoms with Crippen molar-refractivity contribution in [3.8, 4) is 17.6 Å². The van der Waals surface area contributed by atoms with E-state index in [1.54, 1.807) is 6.20 Å². The van der Waals surface area contributed by atoms with Gasteiger partial charge in [0.15, 0.2) is 0 Å². The van der Waals surface area contributed by atoms with E-state index in [4.69, 9.17) is 15.2 Å². The molecule has 0 aromatic carbocycles. The number of carbonyl (C=O) groups is 1. The Kier molecular flexibility index (Phi) is 4.37. The van der Waals surface area contributed by atoms with Gasteiger partial charge in [0.05, 0.1) is 31.5 Å². The molecule has 100 valence electrons. The molecule has 2 heterocycles. The molecule has 1 atom stereocenters. The number of pyridine rings is 1. The van der Waals surface area contributed by atoms with Gasteiger partial charge in [-0.25, -0.2) is 0 Å². The van der Waals surface area contributed by atoms with Gasteiger partial charge in [0.1, 0.15) is 11.9 Å². The highest BCUT2D eigenvalue weighted by atomic mass is 16.5. The summed E-state index contributed by atoms with van der Waals surface area (Å²) in [5.41, 5.74) is 6.75. The largest absolute Gasteiger partial charge is 0.486 e. The number of nitrogens with zero attached hydrogens (tertiary/aromatic N) is 1. The number of hydrogen-bond donors (Lipinski definition) is 1. The maximum absolute atomic E-state index is 10.5. The topological polar surface area (TPSA) is 74.4 Å². The second kappa shape index (κ2) is 6.21. The van der Waals surface area contributed by atoms with E-state index in [1.807, 2.05) is 13.0 Å². The van der Waals surface area contributed by atoms with Crippen LogP contribution < -0.4 is 10.5 Å². The summed E-state index contributed by atoms with van der Waals surface area (Å²) in [5, 5.41) is 0. The van der Waals surface area contributed by atoms with Crippen molar-refractivity contribution in [2.45, 2.75) is 25.9 Å². The van der Waals surface area contributed by atoms with Gasteiger partial charge >= 0.3 is 0 Å². The average molecular weight is 260 g/mol. The molecule has 1 saturated heterocycles. The molecule has 2 N–H and O–H groups in total. The number of hydrogen-bond acceptors (Lipinski definition) is 4. The lowest BCUT2D eigenvalue weighted by molar-refractivity contribution is -0.112. The van der Waals surface area contributed by atoms with Gasteiger partial charge in [0.25, 0.3) is 5.91 Å². The number of carbonyl (C=O) groups excluding carboxylic acids is 1. The van der Waals surface area contributed by atoms with Gasteiger partial charge in [0, 0.05) is 6.42 Å². The molecule has 1 aromatic rings. The first-order chi connectivity index (χ1) is 9.15. The molecule has 0 radical (unpaired) electrons. The van der Waals surface area contributed by atoms with Crippen LogP contribution in [0.15, 0.2) is 12.3 Å². The van der Waals surface area contributed by atoms with E-state index in [-0.39, 0.29) is 6.10 Å². The molecule has 0 spiro atoms. The first-order valence-corrected chi connectivity index (χ1v) is 6.13. The SMILES string of the molecule is Cc1cc(O[C@H]2CCOC2)cnc1CC#CC(N)=O. The normalized spacial score (nSPS) is 17.6. The summed E-state index contributed by atoms with van der Waals surface area (Å²) in [6.07, 6.45) is 3.10. The van der Waals surface area contributed by atoms with Crippen molar-refractivity contribution in [2.24, 2.45) is 5.73 Å². The fraction of sp³-hybridized carbons (Fsp3) is 0.429. The van der Waals surface area contributed by atoms with Crippen molar-refractivity contribution >= 4 is 5.91 Å². The van der Waals surface area contributed by atoms with Gasteiger partial charge in [0.2, 0.25) is 0 Å². The summed E-state index contributed by atoms with van der Waals surface area (Å²) in [4.78, 5) is 14.8. The molecular weight excluding hydrogens is 244 g/mol. The lowest BCUT2D eigenvalue weighted by Gasteiger charge is -2.12. The molecule has 2 rings (SSSR count). The standard InChI is InChI=1S/C14H16N2O3/c1-10-7-12(19-11-5-6-18-9-11)8-16-13(10)3-2-4-14(15)17/h7-8,11H,3,5-6,9H2,1H3,(H2,15,17)/t11-/m0/s1. The third-order valence-corrected chi connectivity index (χ3v) is 2.82. The second-order valence-electron chi connectivity index (χ2n) is 4.38. The van der Waals surface area contributed by atoms with Gasteiger partial charge in [-0.1, -0.05) is 5.92 Å². The van der Waals surface area contributed by atoms with Gasteiger partial charge in [-0.05, 0) is 24.5 Å². The molecule has 0 saturated carbocycles. The third-order valence-electron chi connectivity index (χ3n) is 2.82. The van der Waals surface area contributed by atoms with Crippen LogP contribution in [-0.2, 0) is 16.0 Å². The van der Waals surface area contributed by atoms with E-state index in [0.717, 1.165) is 30.0 Å². The molecular formula is C14H16N2O3. The highest BCUT2D eigenvalue weighted by Gasteiger charge is 2.17. The zero-order valence-corrected chi connectivity index (χ0v) is 10.8. The molecule has 1 aromatic heterocycles. The van der Waals surface area contributed by atoms with Crippen LogP contribution in [0.3, 0.4) is 0 Å². The Hall–Kier alpha value is -2.06. The highest BCUT2D eigenvalue weighted by Crippen LogP contribution is 2.18. The van der Waals surface area contributed by atoms with Crippen molar-refractivity contribution in [3.05, 3.63) is 23.5 Å².